The van der Waals surface area contributed by atoms with Crippen molar-refractivity contribution in [1.29, 1.82) is 0 Å². The molecule has 0 aromatic heterocycles. The van der Waals surface area contributed by atoms with Crippen LogP contribution in [-0.4, -0.2) is 14.2 Å². The Hall–Kier alpha value is -0.730. The number of unbranched alkanes of at least 4 members (excludes halogenated alkanes) is 5. The topological polar surface area (TPSA) is 21.3 Å². The lowest BCUT2D eigenvalue weighted by Gasteiger charge is -2.18. The molecule has 114 valence electrons. The van der Waals surface area contributed by atoms with Crippen LogP contribution < -0.4 is 10.1 Å². The number of halogens is 1. The normalized spacial score (nSPS) is 12.4. The average molecular weight is 298 g/mol. The van der Waals surface area contributed by atoms with E-state index in [2.05, 4.69) is 18.3 Å². The van der Waals surface area contributed by atoms with E-state index < -0.39 is 0 Å². The predicted molar refractivity (Wildman–Crippen MR) is 87.8 cm³/mol. The third-order valence-corrected chi connectivity index (χ3v) is 4.11. The van der Waals surface area contributed by atoms with Gasteiger partial charge in [0, 0.05) is 11.1 Å². The van der Waals surface area contributed by atoms with Crippen molar-refractivity contribution >= 4 is 11.6 Å². The van der Waals surface area contributed by atoms with E-state index in [4.69, 9.17) is 16.3 Å². The van der Waals surface area contributed by atoms with Gasteiger partial charge in [0.15, 0.2) is 0 Å². The number of hydrogen-bond donors (Lipinski definition) is 1. The highest BCUT2D eigenvalue weighted by atomic mass is 35.5. The summed E-state index contributed by atoms with van der Waals surface area (Å²) in [7, 11) is 3.67. The molecule has 20 heavy (non-hydrogen) atoms. The predicted octanol–water partition coefficient (Wildman–Crippen LogP) is 5.36. The molecule has 0 aliphatic rings. The second kappa shape index (κ2) is 10.1. The lowest BCUT2D eigenvalue weighted by atomic mass is 9.99. The average Bonchev–Trinajstić information content (AvgIpc) is 2.47. The van der Waals surface area contributed by atoms with Crippen LogP contribution in [0.2, 0.25) is 5.02 Å². The quantitative estimate of drug-likeness (QED) is 0.587. The summed E-state index contributed by atoms with van der Waals surface area (Å²) in [6.45, 7) is 2.25. The number of hydrogen-bond acceptors (Lipinski definition) is 2. The molecule has 0 aliphatic heterocycles. The molecule has 1 aromatic rings. The molecule has 0 fully saturated rings. The first-order valence-electron chi connectivity index (χ1n) is 7.73. The molecule has 0 aliphatic carbocycles. The van der Waals surface area contributed by atoms with Crippen LogP contribution in [0.5, 0.6) is 5.75 Å². The van der Waals surface area contributed by atoms with Crippen LogP contribution in [0.3, 0.4) is 0 Å². The largest absolute Gasteiger partial charge is 0.497 e. The van der Waals surface area contributed by atoms with Crippen LogP contribution in [0.4, 0.5) is 0 Å². The molecule has 1 N–H and O–H groups in total. The minimum atomic E-state index is 0.333. The van der Waals surface area contributed by atoms with Gasteiger partial charge in [-0.05, 0) is 31.2 Å². The summed E-state index contributed by atoms with van der Waals surface area (Å²) in [4.78, 5) is 0. The molecule has 0 amide bonds. The van der Waals surface area contributed by atoms with Crippen LogP contribution in [0, 0.1) is 0 Å². The van der Waals surface area contributed by atoms with Gasteiger partial charge in [0.25, 0.3) is 0 Å². The van der Waals surface area contributed by atoms with Crippen molar-refractivity contribution in [2.24, 2.45) is 0 Å². The van der Waals surface area contributed by atoms with Gasteiger partial charge < -0.3 is 10.1 Å². The van der Waals surface area contributed by atoms with Crippen molar-refractivity contribution in [1.82, 2.24) is 5.32 Å². The summed E-state index contributed by atoms with van der Waals surface area (Å²) in [5, 5.41) is 4.16. The van der Waals surface area contributed by atoms with Gasteiger partial charge in [0.2, 0.25) is 0 Å². The Labute approximate surface area is 128 Å². The van der Waals surface area contributed by atoms with Gasteiger partial charge in [-0.15, -0.1) is 0 Å². The summed E-state index contributed by atoms with van der Waals surface area (Å²) in [5.74, 6) is 0.813. The van der Waals surface area contributed by atoms with Crippen molar-refractivity contribution in [2.45, 2.75) is 57.9 Å². The molecule has 0 saturated carbocycles. The number of nitrogens with one attached hydrogen (secondary N) is 1. The van der Waals surface area contributed by atoms with E-state index in [-0.39, 0.29) is 0 Å². The van der Waals surface area contributed by atoms with E-state index in [9.17, 15) is 0 Å². The highest BCUT2D eigenvalue weighted by Crippen LogP contribution is 2.30. The third-order valence-electron chi connectivity index (χ3n) is 3.78. The summed E-state index contributed by atoms with van der Waals surface area (Å²) < 4.78 is 5.19. The Kier molecular flexibility index (Phi) is 8.72. The summed E-state index contributed by atoms with van der Waals surface area (Å²) in [6.07, 6.45) is 9.07. The van der Waals surface area contributed by atoms with E-state index >= 15 is 0 Å². The second-order valence-corrected chi connectivity index (χ2v) is 5.69. The molecule has 1 rings (SSSR count). The summed E-state index contributed by atoms with van der Waals surface area (Å²) in [5.41, 5.74) is 1.17. The van der Waals surface area contributed by atoms with Crippen molar-refractivity contribution in [3.63, 3.8) is 0 Å². The second-order valence-electron chi connectivity index (χ2n) is 5.29. The monoisotopic (exact) mass is 297 g/mol. The van der Waals surface area contributed by atoms with Crippen LogP contribution in [-0.2, 0) is 0 Å². The van der Waals surface area contributed by atoms with Crippen LogP contribution in [0.1, 0.15) is 63.5 Å². The van der Waals surface area contributed by atoms with E-state index in [0.717, 1.165) is 17.2 Å². The molecule has 1 unspecified atom stereocenters. The van der Waals surface area contributed by atoms with Gasteiger partial charge in [0.1, 0.15) is 5.75 Å². The maximum atomic E-state index is 6.34. The van der Waals surface area contributed by atoms with Gasteiger partial charge in [-0.2, -0.15) is 0 Å². The molecule has 1 atom stereocenters. The summed E-state index contributed by atoms with van der Waals surface area (Å²) in [6, 6.07) is 6.27. The molecule has 0 spiro atoms. The van der Waals surface area contributed by atoms with Crippen molar-refractivity contribution in [3.8, 4) is 5.75 Å². The van der Waals surface area contributed by atoms with Crippen molar-refractivity contribution < 1.29 is 4.74 Å². The first-order chi connectivity index (χ1) is 9.72. The van der Waals surface area contributed by atoms with Gasteiger partial charge in [-0.3, -0.25) is 0 Å². The van der Waals surface area contributed by atoms with E-state index in [1.807, 2.05) is 19.2 Å². The zero-order valence-electron chi connectivity index (χ0n) is 13.0. The minimum Gasteiger partial charge on any atom is -0.497 e. The lowest BCUT2D eigenvalue weighted by Crippen LogP contribution is -2.16. The Morgan fingerprint density at radius 2 is 1.85 bits per heavy atom. The molecular formula is C17H28ClNO. The zero-order valence-corrected chi connectivity index (χ0v) is 13.8. The van der Waals surface area contributed by atoms with E-state index in [1.54, 1.807) is 7.11 Å². The highest BCUT2D eigenvalue weighted by molar-refractivity contribution is 6.31. The fourth-order valence-corrected chi connectivity index (χ4v) is 2.80. The Balaban J connectivity index is 2.45. The van der Waals surface area contributed by atoms with E-state index in [1.165, 1.54) is 44.1 Å². The number of benzene rings is 1. The minimum absolute atomic E-state index is 0.333. The molecule has 0 saturated heterocycles. The fraction of sp³-hybridized carbons (Fsp3) is 0.647. The number of methoxy groups -OCH3 is 1. The van der Waals surface area contributed by atoms with Crippen LogP contribution in [0.15, 0.2) is 18.2 Å². The molecule has 0 radical (unpaired) electrons. The highest BCUT2D eigenvalue weighted by Gasteiger charge is 2.13. The maximum Gasteiger partial charge on any atom is 0.120 e. The third kappa shape index (κ3) is 5.72. The molecule has 2 nitrogen and oxygen atoms in total. The van der Waals surface area contributed by atoms with Gasteiger partial charge in [-0.25, -0.2) is 0 Å². The fourth-order valence-electron chi connectivity index (χ4n) is 2.50. The van der Waals surface area contributed by atoms with Gasteiger partial charge in [-0.1, -0.05) is 63.1 Å². The zero-order chi connectivity index (χ0) is 14.8. The SMILES string of the molecule is CCCCCCCCC(NC)c1ccc(OC)cc1Cl. The first kappa shape index (κ1) is 17.3. The lowest BCUT2D eigenvalue weighted by molar-refractivity contribution is 0.414. The molecule has 3 heteroatoms. The summed E-state index contributed by atoms with van der Waals surface area (Å²) >= 11 is 6.34. The van der Waals surface area contributed by atoms with Crippen LogP contribution in [0.25, 0.3) is 0 Å². The van der Waals surface area contributed by atoms with E-state index in [0.29, 0.717) is 6.04 Å². The number of rotatable bonds is 10. The van der Waals surface area contributed by atoms with Crippen LogP contribution >= 0.6 is 11.6 Å². The van der Waals surface area contributed by atoms with Crippen molar-refractivity contribution in [3.05, 3.63) is 28.8 Å². The molecule has 0 heterocycles. The smallest absolute Gasteiger partial charge is 0.120 e. The number of ether oxygens (including phenoxy) is 1. The van der Waals surface area contributed by atoms with Gasteiger partial charge >= 0.3 is 0 Å². The van der Waals surface area contributed by atoms with Gasteiger partial charge in [0.05, 0.1) is 7.11 Å². The molecule has 0 bridgehead atoms. The Bertz CT molecular complexity index is 381. The Morgan fingerprint density at radius 1 is 1.15 bits per heavy atom. The first-order valence-corrected chi connectivity index (χ1v) is 8.11. The standard InChI is InChI=1S/C17H28ClNO/c1-4-5-6-7-8-9-10-17(19-2)15-12-11-14(20-3)13-16(15)18/h11-13,17,19H,4-10H2,1-3H3. The molecular weight excluding hydrogens is 270 g/mol. The van der Waals surface area contributed by atoms with Crippen molar-refractivity contribution in [2.75, 3.05) is 14.2 Å². The maximum absolute atomic E-state index is 6.34. The Morgan fingerprint density at radius 3 is 2.45 bits per heavy atom. The molecule has 1 aromatic carbocycles.